The zero-order valence-corrected chi connectivity index (χ0v) is 18.4. The molecular weight excluding hydrogens is 449 g/mol. The summed E-state index contributed by atoms with van der Waals surface area (Å²) in [5, 5.41) is 11.6. The van der Waals surface area contributed by atoms with Gasteiger partial charge in [-0.25, -0.2) is 13.9 Å². The Balaban J connectivity index is 1.46. The molecule has 2 aromatic heterocycles. The zero-order valence-electron chi connectivity index (χ0n) is 17.6. The monoisotopic (exact) mass is 469 g/mol. The second-order valence-corrected chi connectivity index (χ2v) is 7.84. The quantitative estimate of drug-likeness (QED) is 0.229. The number of nitrogens with two attached hydrogens (primary N) is 1. The minimum atomic E-state index is -0.670. The molecule has 170 valence electrons. The lowest BCUT2D eigenvalue weighted by Gasteiger charge is -2.07. The second kappa shape index (κ2) is 9.74. The first-order valence-corrected chi connectivity index (χ1v) is 11.0. The van der Waals surface area contributed by atoms with Gasteiger partial charge in [0.25, 0.3) is 0 Å². The van der Waals surface area contributed by atoms with Crippen molar-refractivity contribution < 1.29 is 23.1 Å². The Morgan fingerprint density at radius 1 is 1.18 bits per heavy atom. The fourth-order valence-corrected chi connectivity index (χ4v) is 3.83. The molecule has 0 radical (unpaired) electrons. The van der Waals surface area contributed by atoms with Gasteiger partial charge in [0.1, 0.15) is 17.1 Å². The summed E-state index contributed by atoms with van der Waals surface area (Å²) in [6, 6.07) is 13.3. The van der Waals surface area contributed by atoms with Crippen LogP contribution in [0, 0.1) is 5.82 Å². The summed E-state index contributed by atoms with van der Waals surface area (Å²) in [5.74, 6) is 4.81. The number of furan rings is 1. The van der Waals surface area contributed by atoms with Crippen LogP contribution in [-0.4, -0.2) is 39.1 Å². The molecule has 0 saturated carbocycles. The fourth-order valence-electron chi connectivity index (χ4n) is 3.15. The number of hydrogen-bond acceptors (Lipinski definition) is 8. The molecule has 2 heterocycles. The van der Waals surface area contributed by atoms with Crippen molar-refractivity contribution >= 4 is 40.3 Å². The molecule has 33 heavy (non-hydrogen) atoms. The molecule has 0 saturated heterocycles. The van der Waals surface area contributed by atoms with Gasteiger partial charge >= 0.3 is 5.97 Å². The molecule has 1 amide bonds. The van der Waals surface area contributed by atoms with Gasteiger partial charge in [-0.05, 0) is 30.7 Å². The van der Waals surface area contributed by atoms with E-state index in [1.165, 1.54) is 10.7 Å². The van der Waals surface area contributed by atoms with E-state index in [0.717, 1.165) is 11.8 Å². The van der Waals surface area contributed by atoms with Crippen molar-refractivity contribution in [3.05, 3.63) is 71.5 Å². The van der Waals surface area contributed by atoms with Crippen LogP contribution in [0.5, 0.6) is 0 Å². The number of benzene rings is 2. The molecule has 0 aliphatic rings. The van der Waals surface area contributed by atoms with Crippen molar-refractivity contribution in [3.8, 4) is 0 Å². The van der Waals surface area contributed by atoms with E-state index in [1.807, 2.05) is 0 Å². The van der Waals surface area contributed by atoms with Crippen molar-refractivity contribution in [2.45, 2.75) is 18.5 Å². The van der Waals surface area contributed by atoms with Crippen LogP contribution in [0.2, 0.25) is 0 Å². The molecule has 9 nitrogen and oxygen atoms in total. The van der Waals surface area contributed by atoms with Gasteiger partial charge in [-0.3, -0.25) is 4.79 Å². The van der Waals surface area contributed by atoms with Crippen molar-refractivity contribution in [2.75, 3.05) is 23.5 Å². The Kier molecular flexibility index (Phi) is 6.59. The molecule has 2 aromatic carbocycles. The van der Waals surface area contributed by atoms with E-state index in [-0.39, 0.29) is 36.0 Å². The lowest BCUT2D eigenvalue weighted by Crippen LogP contribution is -2.18. The molecule has 0 aliphatic carbocycles. The normalized spacial score (nSPS) is 11.0. The van der Waals surface area contributed by atoms with Crippen LogP contribution in [0.25, 0.3) is 11.0 Å². The van der Waals surface area contributed by atoms with Crippen molar-refractivity contribution in [3.63, 3.8) is 0 Å². The summed E-state index contributed by atoms with van der Waals surface area (Å²) < 4.78 is 25.7. The highest BCUT2D eigenvalue weighted by atomic mass is 32.2. The number of nitrogens with one attached hydrogen (secondary N) is 1. The van der Waals surface area contributed by atoms with E-state index in [0.29, 0.717) is 27.5 Å². The smallest absolute Gasteiger partial charge is 0.376 e. The first-order chi connectivity index (χ1) is 16.0. The zero-order chi connectivity index (χ0) is 23.4. The predicted molar refractivity (Wildman–Crippen MR) is 121 cm³/mol. The SMILES string of the molecule is CCOC(=O)c1oc2ccccc2c1NC(=O)CSc1nnc(Cc2ccccc2F)n1N. The summed E-state index contributed by atoms with van der Waals surface area (Å²) in [6.07, 6.45) is 0.160. The standard InChI is InChI=1S/C22H20FN5O4S/c1-2-31-21(30)20-19(14-8-4-6-10-16(14)32-20)25-18(29)12-33-22-27-26-17(28(22)24)11-13-7-3-5-9-15(13)23/h3-10H,2,11-12,24H2,1H3,(H,25,29). The molecule has 0 bridgehead atoms. The Morgan fingerprint density at radius 2 is 1.94 bits per heavy atom. The van der Waals surface area contributed by atoms with Gasteiger partial charge < -0.3 is 20.3 Å². The molecule has 0 aliphatic heterocycles. The number of fused-ring (bicyclic) bond motifs is 1. The molecule has 4 aromatic rings. The third-order valence-corrected chi connectivity index (χ3v) is 5.64. The summed E-state index contributed by atoms with van der Waals surface area (Å²) in [4.78, 5) is 24.9. The number of carbonyl (C=O) groups excluding carboxylic acids is 2. The van der Waals surface area contributed by atoms with E-state index in [2.05, 4.69) is 15.5 Å². The number of amides is 1. The largest absolute Gasteiger partial charge is 0.460 e. The molecule has 0 fully saturated rings. The maximum absolute atomic E-state index is 13.9. The Hall–Kier alpha value is -3.86. The van der Waals surface area contributed by atoms with Crippen molar-refractivity contribution in [1.29, 1.82) is 0 Å². The number of nitrogen functional groups attached to an aromatic ring is 1. The summed E-state index contributed by atoms with van der Waals surface area (Å²) in [7, 11) is 0. The molecular formula is C22H20FN5O4S. The number of nitrogens with zero attached hydrogens (tertiary/aromatic N) is 3. The van der Waals surface area contributed by atoms with Gasteiger partial charge in [0.2, 0.25) is 16.8 Å². The van der Waals surface area contributed by atoms with Crippen molar-refractivity contribution in [2.24, 2.45) is 0 Å². The number of ether oxygens (including phenoxy) is 1. The molecule has 0 atom stereocenters. The van der Waals surface area contributed by atoms with Crippen LogP contribution < -0.4 is 11.2 Å². The Labute approximate surface area is 192 Å². The molecule has 4 rings (SSSR count). The van der Waals surface area contributed by atoms with Crippen LogP contribution in [0.4, 0.5) is 10.1 Å². The number of thioether (sulfide) groups is 1. The first-order valence-electron chi connectivity index (χ1n) is 10.0. The molecule has 11 heteroatoms. The van der Waals surface area contributed by atoms with Crippen LogP contribution >= 0.6 is 11.8 Å². The highest BCUT2D eigenvalue weighted by Crippen LogP contribution is 2.31. The lowest BCUT2D eigenvalue weighted by molar-refractivity contribution is -0.113. The summed E-state index contributed by atoms with van der Waals surface area (Å²) >= 11 is 1.05. The maximum atomic E-state index is 13.9. The number of halogens is 1. The second-order valence-electron chi connectivity index (χ2n) is 6.90. The van der Waals surface area contributed by atoms with E-state index in [1.54, 1.807) is 49.4 Å². The number of para-hydroxylation sites is 1. The average molecular weight is 469 g/mol. The number of carbonyl (C=O) groups is 2. The number of esters is 1. The Bertz CT molecular complexity index is 1320. The third-order valence-electron chi connectivity index (χ3n) is 4.69. The predicted octanol–water partition coefficient (Wildman–Crippen LogP) is 3.38. The summed E-state index contributed by atoms with van der Waals surface area (Å²) in [5.41, 5.74) is 1.12. The van der Waals surface area contributed by atoms with E-state index >= 15 is 0 Å². The third kappa shape index (κ3) is 4.82. The minimum Gasteiger partial charge on any atom is -0.460 e. The number of anilines is 1. The average Bonchev–Trinajstić information content (AvgIpc) is 3.35. The lowest BCUT2D eigenvalue weighted by atomic mass is 10.1. The highest BCUT2D eigenvalue weighted by Gasteiger charge is 2.23. The van der Waals surface area contributed by atoms with Gasteiger partial charge in [0.05, 0.1) is 12.4 Å². The van der Waals surface area contributed by atoms with Crippen LogP contribution in [0.3, 0.4) is 0 Å². The van der Waals surface area contributed by atoms with Gasteiger partial charge in [0, 0.05) is 11.8 Å². The number of hydrogen-bond donors (Lipinski definition) is 2. The van der Waals surface area contributed by atoms with Gasteiger partial charge in [-0.2, -0.15) is 0 Å². The summed E-state index contributed by atoms with van der Waals surface area (Å²) in [6.45, 7) is 1.85. The van der Waals surface area contributed by atoms with E-state index in [9.17, 15) is 14.0 Å². The molecule has 0 spiro atoms. The van der Waals surface area contributed by atoms with E-state index in [4.69, 9.17) is 15.0 Å². The van der Waals surface area contributed by atoms with Crippen molar-refractivity contribution in [1.82, 2.24) is 14.9 Å². The highest BCUT2D eigenvalue weighted by molar-refractivity contribution is 7.99. The first kappa shape index (κ1) is 22.3. The fraction of sp³-hybridized carbons (Fsp3) is 0.182. The minimum absolute atomic E-state index is 0.0587. The van der Waals surface area contributed by atoms with Gasteiger partial charge in [-0.1, -0.05) is 42.1 Å². The number of aromatic nitrogens is 3. The van der Waals surface area contributed by atoms with Crippen LogP contribution in [0.1, 0.15) is 28.9 Å². The Morgan fingerprint density at radius 3 is 2.73 bits per heavy atom. The molecule has 0 unspecified atom stereocenters. The van der Waals surface area contributed by atoms with Gasteiger partial charge in [0.15, 0.2) is 5.82 Å². The number of rotatable bonds is 8. The van der Waals surface area contributed by atoms with Gasteiger partial charge in [-0.15, -0.1) is 10.2 Å². The molecule has 3 N–H and O–H groups in total. The van der Waals surface area contributed by atoms with Crippen LogP contribution in [0.15, 0.2) is 58.1 Å². The topological polar surface area (TPSA) is 125 Å². The van der Waals surface area contributed by atoms with Crippen LogP contribution in [-0.2, 0) is 16.0 Å². The van der Waals surface area contributed by atoms with E-state index < -0.39 is 11.9 Å². The maximum Gasteiger partial charge on any atom is 0.376 e.